The molecule has 1 fully saturated rings. The number of aromatic nitrogens is 7. The molecule has 5 heterocycles. The SMILES string of the molecule is Cn1nccc1Nc1cc(-c2cc3n(c2)CCCn2c-3nnc2C2(C(F)F)CC(F)(F)C2)c(Cl)cn1. The zero-order valence-electron chi connectivity index (χ0n) is 19.1. The first kappa shape index (κ1) is 23.0. The molecule has 0 unspecified atom stereocenters. The van der Waals surface area contributed by atoms with Crippen LogP contribution in [0.4, 0.5) is 29.2 Å². The molecule has 2 aliphatic rings. The summed E-state index contributed by atoms with van der Waals surface area (Å²) >= 11 is 6.49. The first-order valence-electron chi connectivity index (χ1n) is 11.4. The van der Waals surface area contributed by atoms with Crippen LogP contribution in [0.15, 0.2) is 36.8 Å². The first-order valence-corrected chi connectivity index (χ1v) is 11.8. The van der Waals surface area contributed by atoms with E-state index in [0.717, 1.165) is 11.4 Å². The average molecular weight is 521 g/mol. The van der Waals surface area contributed by atoms with Gasteiger partial charge in [-0.15, -0.1) is 10.2 Å². The minimum absolute atomic E-state index is 0.0702. The number of hydrogen-bond acceptors (Lipinski definition) is 5. The van der Waals surface area contributed by atoms with Gasteiger partial charge >= 0.3 is 0 Å². The maximum atomic E-state index is 14.0. The third kappa shape index (κ3) is 3.57. The Morgan fingerprint density at radius 1 is 1.14 bits per heavy atom. The van der Waals surface area contributed by atoms with Crippen LogP contribution < -0.4 is 5.32 Å². The van der Waals surface area contributed by atoms with Crippen molar-refractivity contribution in [2.75, 3.05) is 5.32 Å². The fourth-order valence-electron chi connectivity index (χ4n) is 5.14. The van der Waals surface area contributed by atoms with Crippen LogP contribution >= 0.6 is 11.6 Å². The highest BCUT2D eigenvalue weighted by molar-refractivity contribution is 6.33. The van der Waals surface area contributed by atoms with Crippen LogP contribution in [-0.4, -0.2) is 46.4 Å². The largest absolute Gasteiger partial charge is 0.344 e. The predicted octanol–water partition coefficient (Wildman–Crippen LogP) is 5.27. The summed E-state index contributed by atoms with van der Waals surface area (Å²) < 4.78 is 60.7. The third-order valence-corrected chi connectivity index (χ3v) is 7.21. The number of nitrogens with one attached hydrogen (secondary N) is 1. The zero-order chi connectivity index (χ0) is 25.2. The van der Waals surface area contributed by atoms with Crippen LogP contribution in [-0.2, 0) is 25.6 Å². The van der Waals surface area contributed by atoms with Gasteiger partial charge in [-0.2, -0.15) is 5.10 Å². The van der Waals surface area contributed by atoms with E-state index >= 15 is 0 Å². The summed E-state index contributed by atoms with van der Waals surface area (Å²) in [5.41, 5.74) is 0.166. The number of anilines is 2. The highest BCUT2D eigenvalue weighted by atomic mass is 35.5. The van der Waals surface area contributed by atoms with Gasteiger partial charge in [0.25, 0.3) is 12.3 Å². The normalized spacial score (nSPS) is 17.9. The molecule has 0 aromatic carbocycles. The summed E-state index contributed by atoms with van der Waals surface area (Å²) in [5.74, 6) is -1.50. The van der Waals surface area contributed by atoms with Gasteiger partial charge in [0.2, 0.25) is 0 Å². The molecule has 1 aliphatic carbocycles. The van der Waals surface area contributed by atoms with E-state index in [-0.39, 0.29) is 5.82 Å². The van der Waals surface area contributed by atoms with Gasteiger partial charge in [0.1, 0.15) is 22.9 Å². The number of aryl methyl sites for hydroxylation is 2. The molecule has 0 bridgehead atoms. The van der Waals surface area contributed by atoms with E-state index in [1.165, 1.54) is 0 Å². The van der Waals surface area contributed by atoms with E-state index in [1.54, 1.807) is 28.7 Å². The summed E-state index contributed by atoms with van der Waals surface area (Å²) in [6.07, 6.45) is 0.903. The zero-order valence-corrected chi connectivity index (χ0v) is 19.9. The lowest BCUT2D eigenvalue weighted by Crippen LogP contribution is -2.55. The molecule has 0 saturated heterocycles. The second-order valence-corrected chi connectivity index (χ2v) is 9.75. The molecule has 0 amide bonds. The molecule has 1 N–H and O–H groups in total. The molecular formula is C23H21ClF4N8. The van der Waals surface area contributed by atoms with Crippen molar-refractivity contribution in [1.29, 1.82) is 0 Å². The lowest BCUT2D eigenvalue weighted by Gasteiger charge is -2.45. The molecule has 0 atom stereocenters. The smallest absolute Gasteiger partial charge is 0.251 e. The number of pyridine rings is 1. The van der Waals surface area contributed by atoms with E-state index in [0.29, 0.717) is 47.4 Å². The fraction of sp³-hybridized carbons (Fsp3) is 0.391. The van der Waals surface area contributed by atoms with E-state index in [9.17, 15) is 17.6 Å². The standard InChI is InChI=1S/C23H21ClF4N8/c1-34-18(3-4-30-34)31-17-8-14(15(24)9-29-17)13-7-16-19-32-33-21(36(19)6-2-5-35(16)10-13)22(20(25)26)11-23(27,28)12-22/h3-4,7-10,20H,2,5-6,11-12H2,1H3,(H,29,31). The molecule has 0 spiro atoms. The second kappa shape index (κ2) is 8.05. The van der Waals surface area contributed by atoms with Gasteiger partial charge in [0.15, 0.2) is 5.82 Å². The van der Waals surface area contributed by atoms with Crippen molar-refractivity contribution in [2.45, 2.75) is 50.1 Å². The number of rotatable bonds is 5. The molecule has 13 heteroatoms. The molecule has 1 saturated carbocycles. The van der Waals surface area contributed by atoms with Gasteiger partial charge in [-0.25, -0.2) is 22.5 Å². The van der Waals surface area contributed by atoms with Crippen LogP contribution in [0, 0.1) is 0 Å². The number of hydrogen-bond donors (Lipinski definition) is 1. The molecule has 4 aromatic heterocycles. The maximum Gasteiger partial charge on any atom is 0.251 e. The number of alkyl halides is 4. The van der Waals surface area contributed by atoms with Gasteiger partial charge in [-0.3, -0.25) is 4.68 Å². The predicted molar refractivity (Wildman–Crippen MR) is 125 cm³/mol. The van der Waals surface area contributed by atoms with Crippen LogP contribution in [0.2, 0.25) is 5.02 Å². The molecule has 36 heavy (non-hydrogen) atoms. The lowest BCUT2D eigenvalue weighted by molar-refractivity contribution is -0.174. The monoisotopic (exact) mass is 520 g/mol. The topological polar surface area (TPSA) is 78.4 Å². The van der Waals surface area contributed by atoms with Crippen LogP contribution in [0.1, 0.15) is 25.1 Å². The van der Waals surface area contributed by atoms with Crippen molar-refractivity contribution in [3.05, 3.63) is 47.6 Å². The van der Waals surface area contributed by atoms with Gasteiger partial charge in [-0.05, 0) is 18.6 Å². The Balaban J connectivity index is 1.38. The number of nitrogens with zero attached hydrogens (tertiary/aromatic N) is 7. The molecule has 6 rings (SSSR count). The fourth-order valence-corrected chi connectivity index (χ4v) is 5.35. The first-order chi connectivity index (χ1) is 17.2. The van der Waals surface area contributed by atoms with Crippen molar-refractivity contribution in [3.63, 3.8) is 0 Å². The molecule has 188 valence electrons. The Bertz CT molecular complexity index is 1450. The average Bonchev–Trinajstić information content (AvgIpc) is 3.50. The highest BCUT2D eigenvalue weighted by Gasteiger charge is 2.65. The summed E-state index contributed by atoms with van der Waals surface area (Å²) in [6, 6.07) is 5.48. The molecule has 0 radical (unpaired) electrons. The van der Waals surface area contributed by atoms with Crippen molar-refractivity contribution in [2.24, 2.45) is 7.05 Å². The van der Waals surface area contributed by atoms with Gasteiger partial charge in [0.05, 0.1) is 16.9 Å². The summed E-state index contributed by atoms with van der Waals surface area (Å²) in [4.78, 5) is 4.34. The van der Waals surface area contributed by atoms with Crippen LogP contribution in [0.5, 0.6) is 0 Å². The maximum absolute atomic E-state index is 14.0. The number of fused-ring (bicyclic) bond motifs is 3. The Kier molecular flexibility index (Phi) is 5.15. The lowest BCUT2D eigenvalue weighted by atomic mass is 9.65. The van der Waals surface area contributed by atoms with Crippen LogP contribution in [0.25, 0.3) is 22.6 Å². The van der Waals surface area contributed by atoms with Gasteiger partial charge in [-0.1, -0.05) is 11.6 Å². The highest BCUT2D eigenvalue weighted by Crippen LogP contribution is 2.56. The van der Waals surface area contributed by atoms with E-state index in [2.05, 4.69) is 25.6 Å². The molecular weight excluding hydrogens is 500 g/mol. The summed E-state index contributed by atoms with van der Waals surface area (Å²) in [7, 11) is 1.80. The van der Waals surface area contributed by atoms with E-state index in [1.807, 2.05) is 29.0 Å². The van der Waals surface area contributed by atoms with E-state index in [4.69, 9.17) is 11.6 Å². The molecule has 1 aliphatic heterocycles. The summed E-state index contributed by atoms with van der Waals surface area (Å²) in [5, 5.41) is 16.0. The quantitative estimate of drug-likeness (QED) is 0.362. The van der Waals surface area contributed by atoms with Gasteiger partial charge in [0, 0.05) is 62.6 Å². The Morgan fingerprint density at radius 3 is 2.64 bits per heavy atom. The minimum atomic E-state index is -3.12. The Morgan fingerprint density at radius 2 is 1.94 bits per heavy atom. The van der Waals surface area contributed by atoms with E-state index < -0.39 is 30.6 Å². The van der Waals surface area contributed by atoms with Gasteiger partial charge < -0.3 is 14.5 Å². The van der Waals surface area contributed by atoms with Crippen molar-refractivity contribution < 1.29 is 17.6 Å². The molecule has 8 nitrogen and oxygen atoms in total. The number of halogens is 5. The van der Waals surface area contributed by atoms with Crippen molar-refractivity contribution in [3.8, 4) is 22.6 Å². The third-order valence-electron chi connectivity index (χ3n) is 6.91. The Labute approximate surface area is 207 Å². The Hall–Kier alpha value is -3.41. The van der Waals surface area contributed by atoms with Crippen molar-refractivity contribution in [1.82, 2.24) is 34.1 Å². The summed E-state index contributed by atoms with van der Waals surface area (Å²) in [6.45, 7) is 0.961. The molecule has 4 aromatic rings. The van der Waals surface area contributed by atoms with Crippen LogP contribution in [0.3, 0.4) is 0 Å². The second-order valence-electron chi connectivity index (χ2n) is 9.34. The minimum Gasteiger partial charge on any atom is -0.344 e. The van der Waals surface area contributed by atoms with Crippen molar-refractivity contribution >= 4 is 23.2 Å².